The lowest BCUT2D eigenvalue weighted by Gasteiger charge is -2.27. The predicted molar refractivity (Wildman–Crippen MR) is 96.5 cm³/mol. The molecule has 25 heavy (non-hydrogen) atoms. The van der Waals surface area contributed by atoms with E-state index in [4.69, 9.17) is 0 Å². The predicted octanol–water partition coefficient (Wildman–Crippen LogP) is 1.91. The number of likely N-dealkylation sites (N-methyl/N-ethyl adjacent to an activating group) is 1. The first kappa shape index (κ1) is 16.0. The van der Waals surface area contributed by atoms with Crippen LogP contribution in [0.25, 0.3) is 11.0 Å². The van der Waals surface area contributed by atoms with E-state index in [0.29, 0.717) is 10.9 Å². The minimum Gasteiger partial charge on any atom is -0.768 e. The Morgan fingerprint density at radius 1 is 1.28 bits per heavy atom. The Morgan fingerprint density at radius 3 is 2.84 bits per heavy atom. The Labute approximate surface area is 148 Å². The summed E-state index contributed by atoms with van der Waals surface area (Å²) < 4.78 is 22.0. The van der Waals surface area contributed by atoms with Gasteiger partial charge in [-0.1, -0.05) is 0 Å². The molecule has 3 aromatic rings. The molecule has 1 aliphatic heterocycles. The van der Waals surface area contributed by atoms with Gasteiger partial charge in [-0.05, 0) is 47.8 Å². The van der Waals surface area contributed by atoms with Gasteiger partial charge >= 0.3 is 0 Å². The lowest BCUT2D eigenvalue weighted by molar-refractivity contribution is 0.537. The topological polar surface area (TPSA) is 88.2 Å². The fraction of sp³-hybridized carbons (Fsp3) is 0.294. The summed E-state index contributed by atoms with van der Waals surface area (Å²) in [4.78, 5) is 16.6. The average Bonchev–Trinajstić information content (AvgIpc) is 3.30. The van der Waals surface area contributed by atoms with Crippen molar-refractivity contribution >= 4 is 33.6 Å². The van der Waals surface area contributed by atoms with Crippen LogP contribution in [0, 0.1) is 0 Å². The van der Waals surface area contributed by atoms with Crippen molar-refractivity contribution in [3.05, 3.63) is 42.9 Å². The fourth-order valence-corrected chi connectivity index (χ4v) is 3.72. The Hall–Kier alpha value is -2.45. The van der Waals surface area contributed by atoms with Crippen molar-refractivity contribution in [1.29, 1.82) is 0 Å². The zero-order valence-electron chi connectivity index (χ0n) is 13.8. The second-order valence-electron chi connectivity index (χ2n) is 6.17. The second-order valence-corrected chi connectivity index (χ2v) is 7.11. The van der Waals surface area contributed by atoms with Crippen LogP contribution < -0.4 is 9.80 Å². The molecule has 1 saturated heterocycles. The summed E-state index contributed by atoms with van der Waals surface area (Å²) in [6, 6.07) is 9.31. The van der Waals surface area contributed by atoms with Crippen molar-refractivity contribution in [2.45, 2.75) is 17.4 Å². The monoisotopic (exact) mass is 356 g/mol. The van der Waals surface area contributed by atoms with E-state index in [2.05, 4.69) is 24.8 Å². The molecule has 8 heteroatoms. The van der Waals surface area contributed by atoms with Gasteiger partial charge in [-0.3, -0.25) is 4.21 Å². The number of benzene rings is 1. The van der Waals surface area contributed by atoms with Crippen LogP contribution in [-0.4, -0.2) is 49.9 Å². The molecule has 1 aliphatic rings. The third-order valence-electron chi connectivity index (χ3n) is 4.78. The molecule has 0 radical (unpaired) electrons. The van der Waals surface area contributed by atoms with E-state index in [0.717, 1.165) is 42.0 Å². The molecule has 0 spiro atoms. The van der Waals surface area contributed by atoms with E-state index in [-0.39, 0.29) is 0 Å². The van der Waals surface area contributed by atoms with Gasteiger partial charge in [0.05, 0.1) is 5.39 Å². The van der Waals surface area contributed by atoms with E-state index in [1.165, 1.54) is 0 Å². The molecule has 1 N–H and O–H groups in total. The van der Waals surface area contributed by atoms with Crippen molar-refractivity contribution in [3.8, 4) is 0 Å². The summed E-state index contributed by atoms with van der Waals surface area (Å²) in [5.74, 6) is 0.958. The van der Waals surface area contributed by atoms with Gasteiger partial charge in [-0.15, -0.1) is 0 Å². The smallest absolute Gasteiger partial charge is 0.142 e. The highest BCUT2D eigenvalue weighted by Gasteiger charge is 2.28. The number of nitrogens with one attached hydrogen (secondary N) is 1. The van der Waals surface area contributed by atoms with Gasteiger partial charge in [-0.25, -0.2) is 9.97 Å². The van der Waals surface area contributed by atoms with Crippen LogP contribution in [0.4, 0.5) is 11.5 Å². The Bertz CT molecular complexity index is 911. The maximum absolute atomic E-state index is 11.0. The summed E-state index contributed by atoms with van der Waals surface area (Å²) in [5.41, 5.74) is 1.86. The zero-order chi connectivity index (χ0) is 17.4. The summed E-state index contributed by atoms with van der Waals surface area (Å²) in [6.07, 6.45) is 4.48. The lowest BCUT2D eigenvalue weighted by Crippen LogP contribution is -2.34. The molecule has 1 unspecified atom stereocenters. The summed E-state index contributed by atoms with van der Waals surface area (Å²) in [6.45, 7) is 1.79. The highest BCUT2D eigenvalue weighted by Crippen LogP contribution is 2.28. The molecular weight excluding hydrogens is 338 g/mol. The number of hydrogen-bond acceptors (Lipinski definition) is 6. The number of aromatic nitrogens is 3. The van der Waals surface area contributed by atoms with Gasteiger partial charge in [0.15, 0.2) is 0 Å². The standard InChI is InChI=1S/C17H19N5O2S/c1-21(12-2-4-14(5-3-12)25(23)24)13-7-9-22(10-13)17-15-6-8-18-16(15)19-11-20-17/h2-6,8,11,13H,7,9-10H2,1H3,(H,23,24)(H,18,19,20)/p-1/t13-/m1/s1. The van der Waals surface area contributed by atoms with Gasteiger partial charge in [0, 0.05) is 43.0 Å². The van der Waals surface area contributed by atoms with Crippen molar-refractivity contribution in [3.63, 3.8) is 0 Å². The molecule has 2 atom stereocenters. The van der Waals surface area contributed by atoms with Crippen LogP contribution in [0.5, 0.6) is 0 Å². The molecule has 2 aromatic heterocycles. The van der Waals surface area contributed by atoms with Gasteiger partial charge < -0.3 is 19.3 Å². The van der Waals surface area contributed by atoms with Crippen LogP contribution in [0.2, 0.25) is 0 Å². The lowest BCUT2D eigenvalue weighted by atomic mass is 10.2. The first-order valence-corrected chi connectivity index (χ1v) is 9.16. The van der Waals surface area contributed by atoms with Crippen molar-refractivity contribution in [1.82, 2.24) is 15.0 Å². The third kappa shape index (κ3) is 2.98. The van der Waals surface area contributed by atoms with Crippen LogP contribution in [0.15, 0.2) is 47.8 Å². The van der Waals surface area contributed by atoms with E-state index >= 15 is 0 Å². The van der Waals surface area contributed by atoms with Crippen LogP contribution in [0.1, 0.15) is 6.42 Å². The van der Waals surface area contributed by atoms with E-state index in [1.807, 2.05) is 31.4 Å². The SMILES string of the molecule is CN(c1ccc(S(=O)[O-])cc1)[C@@H]1CCN(c2ncnc3[nH]ccc23)C1. The maximum Gasteiger partial charge on any atom is 0.142 e. The number of aromatic amines is 1. The van der Waals surface area contributed by atoms with E-state index in [9.17, 15) is 8.76 Å². The molecule has 0 aliphatic carbocycles. The minimum absolute atomic E-state index is 0.307. The first-order valence-electron chi connectivity index (χ1n) is 8.08. The Kier molecular flexibility index (Phi) is 4.14. The van der Waals surface area contributed by atoms with Crippen molar-refractivity contribution in [2.24, 2.45) is 0 Å². The number of nitrogens with zero attached hydrogens (tertiary/aromatic N) is 4. The molecule has 130 valence electrons. The third-order valence-corrected chi connectivity index (χ3v) is 5.44. The van der Waals surface area contributed by atoms with E-state index < -0.39 is 11.1 Å². The number of fused-ring (bicyclic) bond motifs is 1. The quantitative estimate of drug-likeness (QED) is 0.719. The highest BCUT2D eigenvalue weighted by molar-refractivity contribution is 7.79. The molecule has 0 saturated carbocycles. The van der Waals surface area contributed by atoms with Gasteiger partial charge in [-0.2, -0.15) is 0 Å². The number of H-pyrrole nitrogens is 1. The number of hydrogen-bond donors (Lipinski definition) is 1. The van der Waals surface area contributed by atoms with Gasteiger partial charge in [0.25, 0.3) is 0 Å². The van der Waals surface area contributed by atoms with Gasteiger partial charge in [0.2, 0.25) is 0 Å². The van der Waals surface area contributed by atoms with Crippen LogP contribution >= 0.6 is 0 Å². The zero-order valence-corrected chi connectivity index (χ0v) is 14.6. The normalized spacial score (nSPS) is 18.6. The molecule has 0 amide bonds. The number of anilines is 2. The number of rotatable bonds is 4. The van der Waals surface area contributed by atoms with Gasteiger partial charge in [0.1, 0.15) is 17.8 Å². The summed E-state index contributed by atoms with van der Waals surface area (Å²) >= 11 is -2.19. The Balaban J connectivity index is 1.52. The first-order chi connectivity index (χ1) is 12.1. The largest absolute Gasteiger partial charge is 0.768 e. The van der Waals surface area contributed by atoms with Crippen LogP contribution in [-0.2, 0) is 11.1 Å². The Morgan fingerprint density at radius 2 is 2.08 bits per heavy atom. The molecule has 0 bridgehead atoms. The summed E-state index contributed by atoms with van der Waals surface area (Å²) in [5, 5.41) is 1.04. The highest BCUT2D eigenvalue weighted by atomic mass is 32.2. The molecule has 3 heterocycles. The maximum atomic E-state index is 11.0. The molecule has 1 aromatic carbocycles. The van der Waals surface area contributed by atoms with Crippen LogP contribution in [0.3, 0.4) is 0 Å². The average molecular weight is 356 g/mol. The summed E-state index contributed by atoms with van der Waals surface area (Å²) in [7, 11) is 2.04. The van der Waals surface area contributed by atoms with Crippen molar-refractivity contribution < 1.29 is 8.76 Å². The second kappa shape index (κ2) is 6.45. The van der Waals surface area contributed by atoms with E-state index in [1.54, 1.807) is 18.5 Å². The molecule has 7 nitrogen and oxygen atoms in total. The molecule has 1 fully saturated rings. The fourth-order valence-electron chi connectivity index (χ4n) is 3.36. The molecule has 4 rings (SSSR count). The van der Waals surface area contributed by atoms with Crippen molar-refractivity contribution in [2.75, 3.05) is 29.9 Å². The molecular formula is C17H18N5O2S-. The minimum atomic E-state index is -2.19.